The first-order valence-corrected chi connectivity index (χ1v) is 7.10. The summed E-state index contributed by atoms with van der Waals surface area (Å²) in [5.41, 5.74) is 8.48. The van der Waals surface area contributed by atoms with Crippen LogP contribution in [-0.4, -0.2) is 19.1 Å². The van der Waals surface area contributed by atoms with Crippen LogP contribution < -0.4 is 11.1 Å². The van der Waals surface area contributed by atoms with Crippen molar-refractivity contribution in [3.8, 4) is 0 Å². The predicted molar refractivity (Wildman–Crippen MR) is 78.3 cm³/mol. The van der Waals surface area contributed by atoms with Gasteiger partial charge >= 0.3 is 0 Å². The van der Waals surface area contributed by atoms with Gasteiger partial charge in [-0.15, -0.1) is 0 Å². The minimum atomic E-state index is 0.323. The van der Waals surface area contributed by atoms with Crippen molar-refractivity contribution in [2.75, 3.05) is 13.1 Å². The molecule has 1 aromatic carbocycles. The number of hydrogen-bond acceptors (Lipinski definition) is 2. The quantitative estimate of drug-likeness (QED) is 0.760. The van der Waals surface area contributed by atoms with E-state index in [1.807, 2.05) is 0 Å². The molecule has 0 heterocycles. The highest BCUT2D eigenvalue weighted by Crippen LogP contribution is 2.16. The average Bonchev–Trinajstić information content (AvgIpc) is 2.27. The Balaban J connectivity index is 2.20. The monoisotopic (exact) mass is 298 g/mol. The molecule has 0 aliphatic heterocycles. The lowest BCUT2D eigenvalue weighted by Gasteiger charge is -2.09. The second-order valence-electron chi connectivity index (χ2n) is 4.69. The second-order valence-corrected chi connectivity index (χ2v) is 5.61. The van der Waals surface area contributed by atoms with Crippen LogP contribution in [0.4, 0.5) is 0 Å². The SMILES string of the molecule is Cc1ccc(Br)cc1CCNCCCC(C)N. The molecule has 3 N–H and O–H groups in total. The summed E-state index contributed by atoms with van der Waals surface area (Å²) < 4.78 is 1.16. The van der Waals surface area contributed by atoms with E-state index in [2.05, 4.69) is 53.3 Å². The molecule has 0 spiro atoms. The summed E-state index contributed by atoms with van der Waals surface area (Å²) in [5.74, 6) is 0. The number of aryl methyl sites for hydroxylation is 1. The van der Waals surface area contributed by atoms with Crippen molar-refractivity contribution in [2.45, 2.75) is 39.2 Å². The first-order chi connectivity index (χ1) is 8.09. The van der Waals surface area contributed by atoms with E-state index < -0.39 is 0 Å². The van der Waals surface area contributed by atoms with Crippen molar-refractivity contribution in [1.29, 1.82) is 0 Å². The predicted octanol–water partition coefficient (Wildman–Crippen LogP) is 3.02. The minimum absolute atomic E-state index is 0.323. The largest absolute Gasteiger partial charge is 0.328 e. The molecular weight excluding hydrogens is 276 g/mol. The summed E-state index contributed by atoms with van der Waals surface area (Å²) in [4.78, 5) is 0. The van der Waals surface area contributed by atoms with Crippen molar-refractivity contribution in [3.63, 3.8) is 0 Å². The summed E-state index contributed by atoms with van der Waals surface area (Å²) >= 11 is 3.51. The van der Waals surface area contributed by atoms with E-state index in [4.69, 9.17) is 5.73 Å². The van der Waals surface area contributed by atoms with Gasteiger partial charge in [-0.3, -0.25) is 0 Å². The smallest absolute Gasteiger partial charge is 0.0178 e. The fourth-order valence-corrected chi connectivity index (χ4v) is 2.21. The Hall–Kier alpha value is -0.380. The van der Waals surface area contributed by atoms with Crippen LogP contribution in [-0.2, 0) is 6.42 Å². The molecule has 0 saturated carbocycles. The molecule has 1 rings (SSSR count). The Labute approximate surface area is 113 Å². The fraction of sp³-hybridized carbons (Fsp3) is 0.571. The molecule has 3 heteroatoms. The average molecular weight is 299 g/mol. The maximum absolute atomic E-state index is 5.70. The topological polar surface area (TPSA) is 38.0 Å². The molecule has 0 fully saturated rings. The van der Waals surface area contributed by atoms with Gasteiger partial charge < -0.3 is 11.1 Å². The highest BCUT2D eigenvalue weighted by atomic mass is 79.9. The zero-order valence-corrected chi connectivity index (χ0v) is 12.4. The van der Waals surface area contributed by atoms with Gasteiger partial charge in [-0.05, 0) is 69.5 Å². The van der Waals surface area contributed by atoms with E-state index >= 15 is 0 Å². The summed E-state index contributed by atoms with van der Waals surface area (Å²) in [6.07, 6.45) is 3.35. The van der Waals surface area contributed by atoms with Crippen molar-refractivity contribution < 1.29 is 0 Å². The maximum atomic E-state index is 5.70. The molecule has 1 aromatic rings. The third-order valence-electron chi connectivity index (χ3n) is 2.90. The third kappa shape index (κ3) is 6.20. The maximum Gasteiger partial charge on any atom is 0.0178 e. The van der Waals surface area contributed by atoms with Gasteiger partial charge in [-0.2, -0.15) is 0 Å². The number of nitrogens with two attached hydrogens (primary N) is 1. The van der Waals surface area contributed by atoms with Crippen molar-refractivity contribution in [2.24, 2.45) is 5.73 Å². The zero-order valence-electron chi connectivity index (χ0n) is 10.8. The van der Waals surface area contributed by atoms with Gasteiger partial charge in [0.25, 0.3) is 0 Å². The molecule has 0 radical (unpaired) electrons. The van der Waals surface area contributed by atoms with Crippen LogP contribution in [0, 0.1) is 6.92 Å². The number of halogens is 1. The molecule has 17 heavy (non-hydrogen) atoms. The van der Waals surface area contributed by atoms with Gasteiger partial charge in [0.15, 0.2) is 0 Å². The first kappa shape index (κ1) is 14.7. The Kier molecular flexibility index (Phi) is 6.78. The van der Waals surface area contributed by atoms with Crippen molar-refractivity contribution in [1.82, 2.24) is 5.32 Å². The lowest BCUT2D eigenvalue weighted by molar-refractivity contribution is 0.575. The van der Waals surface area contributed by atoms with Gasteiger partial charge in [-0.25, -0.2) is 0 Å². The lowest BCUT2D eigenvalue weighted by atomic mass is 10.1. The molecule has 0 amide bonds. The highest BCUT2D eigenvalue weighted by molar-refractivity contribution is 9.10. The van der Waals surface area contributed by atoms with Gasteiger partial charge in [0.2, 0.25) is 0 Å². The Morgan fingerprint density at radius 2 is 2.12 bits per heavy atom. The number of benzene rings is 1. The number of nitrogens with one attached hydrogen (secondary N) is 1. The lowest BCUT2D eigenvalue weighted by Crippen LogP contribution is -2.22. The summed E-state index contributed by atoms with van der Waals surface area (Å²) in [6, 6.07) is 6.78. The molecule has 96 valence electrons. The van der Waals surface area contributed by atoms with Gasteiger partial charge in [0.1, 0.15) is 0 Å². The van der Waals surface area contributed by atoms with E-state index in [1.165, 1.54) is 11.1 Å². The van der Waals surface area contributed by atoms with Crippen LogP contribution in [0.2, 0.25) is 0 Å². The zero-order chi connectivity index (χ0) is 12.7. The van der Waals surface area contributed by atoms with E-state index in [0.717, 1.165) is 36.8 Å². The van der Waals surface area contributed by atoms with Crippen molar-refractivity contribution in [3.05, 3.63) is 33.8 Å². The van der Waals surface area contributed by atoms with E-state index in [0.29, 0.717) is 6.04 Å². The summed E-state index contributed by atoms with van der Waals surface area (Å²) in [5, 5.41) is 3.47. The van der Waals surface area contributed by atoms with Crippen LogP contribution in [0.15, 0.2) is 22.7 Å². The standard InChI is InChI=1S/C14H23BrN2/c1-11-5-6-14(15)10-13(11)7-9-17-8-3-4-12(2)16/h5-6,10,12,17H,3-4,7-9,16H2,1-2H3. The van der Waals surface area contributed by atoms with Gasteiger partial charge in [0.05, 0.1) is 0 Å². The first-order valence-electron chi connectivity index (χ1n) is 6.31. The Morgan fingerprint density at radius 3 is 2.82 bits per heavy atom. The van der Waals surface area contributed by atoms with Gasteiger partial charge in [0, 0.05) is 10.5 Å². The van der Waals surface area contributed by atoms with Crippen LogP contribution in [0.1, 0.15) is 30.9 Å². The second kappa shape index (κ2) is 7.85. The van der Waals surface area contributed by atoms with Crippen LogP contribution in [0.5, 0.6) is 0 Å². The van der Waals surface area contributed by atoms with Crippen LogP contribution in [0.25, 0.3) is 0 Å². The Morgan fingerprint density at radius 1 is 1.35 bits per heavy atom. The number of hydrogen-bond donors (Lipinski definition) is 2. The molecule has 0 aliphatic rings. The van der Waals surface area contributed by atoms with E-state index in [9.17, 15) is 0 Å². The van der Waals surface area contributed by atoms with Crippen LogP contribution in [0.3, 0.4) is 0 Å². The minimum Gasteiger partial charge on any atom is -0.328 e. The molecule has 0 saturated heterocycles. The summed E-state index contributed by atoms with van der Waals surface area (Å²) in [7, 11) is 0. The molecule has 1 atom stereocenters. The molecule has 0 aromatic heterocycles. The Bertz CT molecular complexity index is 337. The third-order valence-corrected chi connectivity index (χ3v) is 3.39. The van der Waals surface area contributed by atoms with Gasteiger partial charge in [-0.1, -0.05) is 22.0 Å². The van der Waals surface area contributed by atoms with Crippen molar-refractivity contribution >= 4 is 15.9 Å². The molecular formula is C14H23BrN2. The highest BCUT2D eigenvalue weighted by Gasteiger charge is 1.99. The number of rotatable bonds is 7. The summed E-state index contributed by atoms with van der Waals surface area (Å²) in [6.45, 7) is 6.33. The van der Waals surface area contributed by atoms with E-state index in [1.54, 1.807) is 0 Å². The molecule has 0 aliphatic carbocycles. The fourth-order valence-electron chi connectivity index (χ4n) is 1.81. The molecule has 2 nitrogen and oxygen atoms in total. The van der Waals surface area contributed by atoms with E-state index in [-0.39, 0.29) is 0 Å². The normalized spacial score (nSPS) is 12.7. The molecule has 0 bridgehead atoms. The van der Waals surface area contributed by atoms with Crippen LogP contribution >= 0.6 is 15.9 Å². The molecule has 1 unspecified atom stereocenters.